The second-order valence-corrected chi connectivity index (χ2v) is 3.72. The molecule has 0 aliphatic heterocycles. The van der Waals surface area contributed by atoms with Crippen LogP contribution in [0.2, 0.25) is 0 Å². The van der Waals surface area contributed by atoms with E-state index >= 15 is 0 Å². The van der Waals surface area contributed by atoms with Gasteiger partial charge < -0.3 is 15.1 Å². The quantitative estimate of drug-likeness (QED) is 0.483. The molecule has 6 nitrogen and oxygen atoms in total. The minimum atomic E-state index is -0.728. The Morgan fingerprint density at radius 3 is 2.38 bits per heavy atom. The van der Waals surface area contributed by atoms with Crippen molar-refractivity contribution in [1.82, 2.24) is 15.1 Å². The molecule has 0 saturated heterocycles. The molecule has 0 rings (SSSR count). The highest BCUT2D eigenvalue weighted by atomic mass is 16.2. The fourth-order valence-electron chi connectivity index (χ4n) is 1.09. The normalized spacial score (nSPS) is 9.69. The van der Waals surface area contributed by atoms with Crippen molar-refractivity contribution in [1.29, 1.82) is 5.26 Å². The largest absolute Gasteiger partial charge is 0.337 e. The molecule has 0 saturated carbocycles. The summed E-state index contributed by atoms with van der Waals surface area (Å²) < 4.78 is 0. The predicted molar refractivity (Wildman–Crippen MR) is 59.4 cm³/mol. The van der Waals surface area contributed by atoms with E-state index in [0.717, 1.165) is 13.0 Å². The van der Waals surface area contributed by atoms with E-state index in [1.54, 1.807) is 13.1 Å². The van der Waals surface area contributed by atoms with Crippen LogP contribution < -0.4 is 5.32 Å². The molecular formula is C10H18N4O2. The van der Waals surface area contributed by atoms with Crippen LogP contribution in [0.25, 0.3) is 0 Å². The summed E-state index contributed by atoms with van der Waals surface area (Å²) in [5.74, 6) is -1.33. The minimum absolute atomic E-state index is 0.143. The number of nitrogens with one attached hydrogen (secondary N) is 1. The average molecular weight is 226 g/mol. The zero-order chi connectivity index (χ0) is 12.6. The van der Waals surface area contributed by atoms with Crippen molar-refractivity contribution in [2.75, 3.05) is 40.8 Å². The highest BCUT2D eigenvalue weighted by Gasteiger charge is 2.17. The standard InChI is InChI=1S/C10H18N4O2/c1-13(2)7-4-8-14(3)10(16)9(15)12-6-5-11/h4,6-8H2,1-3H3,(H,12,15). The van der Waals surface area contributed by atoms with Gasteiger partial charge >= 0.3 is 11.8 Å². The Bertz CT molecular complexity index is 283. The van der Waals surface area contributed by atoms with Gasteiger partial charge in [-0.1, -0.05) is 0 Å². The van der Waals surface area contributed by atoms with E-state index in [0.29, 0.717) is 6.54 Å². The molecule has 0 aromatic carbocycles. The van der Waals surface area contributed by atoms with Crippen molar-refractivity contribution < 1.29 is 9.59 Å². The second-order valence-electron chi connectivity index (χ2n) is 3.72. The van der Waals surface area contributed by atoms with E-state index in [4.69, 9.17) is 5.26 Å². The van der Waals surface area contributed by atoms with Crippen LogP contribution in [0.15, 0.2) is 0 Å². The molecule has 0 aliphatic rings. The van der Waals surface area contributed by atoms with Gasteiger partial charge in [-0.3, -0.25) is 9.59 Å². The Balaban J connectivity index is 3.89. The minimum Gasteiger partial charge on any atom is -0.337 e. The summed E-state index contributed by atoms with van der Waals surface area (Å²) in [4.78, 5) is 26.0. The number of carbonyl (C=O) groups excluding carboxylic acids is 2. The molecular weight excluding hydrogens is 208 g/mol. The molecule has 0 spiro atoms. The number of carbonyl (C=O) groups is 2. The molecule has 16 heavy (non-hydrogen) atoms. The summed E-state index contributed by atoms with van der Waals surface area (Å²) in [5.41, 5.74) is 0. The van der Waals surface area contributed by atoms with Gasteiger partial charge in [-0.25, -0.2) is 0 Å². The van der Waals surface area contributed by atoms with Crippen molar-refractivity contribution >= 4 is 11.8 Å². The number of likely N-dealkylation sites (N-methyl/N-ethyl adjacent to an activating group) is 1. The Hall–Kier alpha value is -1.61. The van der Waals surface area contributed by atoms with E-state index in [9.17, 15) is 9.59 Å². The van der Waals surface area contributed by atoms with Gasteiger partial charge in [-0.15, -0.1) is 0 Å². The zero-order valence-electron chi connectivity index (χ0n) is 9.99. The van der Waals surface area contributed by atoms with E-state index in [1.807, 2.05) is 19.0 Å². The molecule has 0 bridgehead atoms. The lowest BCUT2D eigenvalue weighted by Crippen LogP contribution is -2.41. The van der Waals surface area contributed by atoms with Gasteiger partial charge in [0, 0.05) is 13.6 Å². The molecule has 0 unspecified atom stereocenters. The lowest BCUT2D eigenvalue weighted by Gasteiger charge is -2.17. The summed E-state index contributed by atoms with van der Waals surface area (Å²) in [6.07, 6.45) is 0.806. The topological polar surface area (TPSA) is 76.4 Å². The average Bonchev–Trinajstić information content (AvgIpc) is 2.24. The van der Waals surface area contributed by atoms with Crippen molar-refractivity contribution in [2.24, 2.45) is 0 Å². The fraction of sp³-hybridized carbons (Fsp3) is 0.700. The summed E-state index contributed by atoms with van der Waals surface area (Å²) >= 11 is 0. The van der Waals surface area contributed by atoms with Crippen LogP contribution >= 0.6 is 0 Å². The Kier molecular flexibility index (Phi) is 6.88. The van der Waals surface area contributed by atoms with Gasteiger partial charge in [0.2, 0.25) is 0 Å². The van der Waals surface area contributed by atoms with Gasteiger partial charge in [-0.05, 0) is 27.1 Å². The number of nitrogens with zero attached hydrogens (tertiary/aromatic N) is 3. The number of hydrogen-bond acceptors (Lipinski definition) is 4. The summed E-state index contributed by atoms with van der Waals surface area (Å²) in [6.45, 7) is 1.24. The van der Waals surface area contributed by atoms with Crippen LogP contribution in [0.3, 0.4) is 0 Å². The van der Waals surface area contributed by atoms with Crippen LogP contribution in [0, 0.1) is 11.3 Å². The van der Waals surface area contributed by atoms with Crippen LogP contribution in [0.5, 0.6) is 0 Å². The van der Waals surface area contributed by atoms with E-state index in [1.165, 1.54) is 4.90 Å². The molecule has 0 aliphatic carbocycles. The van der Waals surface area contributed by atoms with Gasteiger partial charge in [-0.2, -0.15) is 5.26 Å². The van der Waals surface area contributed by atoms with Crippen molar-refractivity contribution in [3.05, 3.63) is 0 Å². The smallest absolute Gasteiger partial charge is 0.311 e. The van der Waals surface area contributed by atoms with Gasteiger partial charge in [0.1, 0.15) is 6.54 Å². The molecule has 0 aromatic rings. The van der Waals surface area contributed by atoms with Gasteiger partial charge in [0.25, 0.3) is 0 Å². The first-order valence-corrected chi connectivity index (χ1v) is 5.04. The number of nitriles is 1. The predicted octanol–water partition coefficient (Wildman–Crippen LogP) is -0.964. The van der Waals surface area contributed by atoms with Crippen molar-refractivity contribution in [3.8, 4) is 6.07 Å². The molecule has 1 N–H and O–H groups in total. The highest BCUT2D eigenvalue weighted by Crippen LogP contribution is 1.90. The monoisotopic (exact) mass is 226 g/mol. The molecule has 0 heterocycles. The van der Waals surface area contributed by atoms with Crippen LogP contribution in [-0.2, 0) is 9.59 Å². The molecule has 90 valence electrons. The molecule has 6 heteroatoms. The highest BCUT2D eigenvalue weighted by molar-refractivity contribution is 6.34. The number of amides is 2. The Morgan fingerprint density at radius 2 is 1.88 bits per heavy atom. The van der Waals surface area contributed by atoms with Gasteiger partial charge in [0.05, 0.1) is 6.07 Å². The van der Waals surface area contributed by atoms with Crippen LogP contribution in [0.4, 0.5) is 0 Å². The third kappa shape index (κ3) is 5.98. The molecule has 0 aromatic heterocycles. The zero-order valence-corrected chi connectivity index (χ0v) is 9.99. The Morgan fingerprint density at radius 1 is 1.25 bits per heavy atom. The molecule has 0 radical (unpaired) electrons. The maximum Gasteiger partial charge on any atom is 0.311 e. The van der Waals surface area contributed by atoms with Gasteiger partial charge in [0.15, 0.2) is 0 Å². The molecule has 2 amide bonds. The van der Waals surface area contributed by atoms with Crippen molar-refractivity contribution in [2.45, 2.75) is 6.42 Å². The SMILES string of the molecule is CN(C)CCCN(C)C(=O)C(=O)NCC#N. The first-order valence-electron chi connectivity index (χ1n) is 5.04. The maximum absolute atomic E-state index is 11.4. The molecule has 0 fully saturated rings. The first-order chi connectivity index (χ1) is 7.49. The van der Waals surface area contributed by atoms with Crippen molar-refractivity contribution in [3.63, 3.8) is 0 Å². The van der Waals surface area contributed by atoms with E-state index in [-0.39, 0.29) is 6.54 Å². The third-order valence-electron chi connectivity index (χ3n) is 1.97. The fourth-order valence-corrected chi connectivity index (χ4v) is 1.09. The first kappa shape index (κ1) is 14.4. The maximum atomic E-state index is 11.4. The lowest BCUT2D eigenvalue weighted by atomic mass is 10.3. The number of hydrogen-bond donors (Lipinski definition) is 1. The second kappa shape index (κ2) is 7.65. The third-order valence-corrected chi connectivity index (χ3v) is 1.97. The van der Waals surface area contributed by atoms with Crippen LogP contribution in [0.1, 0.15) is 6.42 Å². The molecule has 0 atom stereocenters. The number of rotatable bonds is 5. The lowest BCUT2D eigenvalue weighted by molar-refractivity contribution is -0.144. The summed E-state index contributed by atoms with van der Waals surface area (Å²) in [6, 6.07) is 1.74. The summed E-state index contributed by atoms with van der Waals surface area (Å²) in [7, 11) is 5.47. The summed E-state index contributed by atoms with van der Waals surface area (Å²) in [5, 5.41) is 10.5. The van der Waals surface area contributed by atoms with E-state index < -0.39 is 11.8 Å². The Labute approximate surface area is 95.8 Å². The van der Waals surface area contributed by atoms with E-state index in [2.05, 4.69) is 5.32 Å². The van der Waals surface area contributed by atoms with Crippen LogP contribution in [-0.4, -0.2) is 62.4 Å².